The highest BCUT2D eigenvalue weighted by Gasteiger charge is 2.26. The molecule has 0 aliphatic carbocycles. The molecule has 35 heavy (non-hydrogen) atoms. The molecule has 0 unspecified atom stereocenters. The minimum absolute atomic E-state index is 0.0317. The van der Waals surface area contributed by atoms with Gasteiger partial charge in [0.1, 0.15) is 5.82 Å². The van der Waals surface area contributed by atoms with Gasteiger partial charge in [-0.3, -0.25) is 9.69 Å². The summed E-state index contributed by atoms with van der Waals surface area (Å²) in [7, 11) is 0. The summed E-state index contributed by atoms with van der Waals surface area (Å²) in [6, 6.07) is 11.7. The second kappa shape index (κ2) is 12.7. The number of amides is 1. The Morgan fingerprint density at radius 2 is 1.94 bits per heavy atom. The van der Waals surface area contributed by atoms with Gasteiger partial charge in [-0.2, -0.15) is 16.7 Å². The lowest BCUT2D eigenvalue weighted by atomic mass is 9.96. The molecule has 6 nitrogen and oxygen atoms in total. The van der Waals surface area contributed by atoms with Crippen LogP contribution in [0.2, 0.25) is 10.0 Å². The fourth-order valence-electron chi connectivity index (χ4n) is 3.94. The van der Waals surface area contributed by atoms with Crippen LogP contribution in [0.1, 0.15) is 30.7 Å². The number of aromatic nitrogens is 2. The van der Waals surface area contributed by atoms with Crippen molar-refractivity contribution in [2.45, 2.75) is 31.6 Å². The van der Waals surface area contributed by atoms with Gasteiger partial charge in [-0.05, 0) is 74.0 Å². The number of nitrogens with zero attached hydrogens (tertiary/aromatic N) is 3. The summed E-state index contributed by atoms with van der Waals surface area (Å²) in [4.78, 5) is 19.2. The van der Waals surface area contributed by atoms with Crippen LogP contribution in [-0.2, 0) is 17.1 Å². The van der Waals surface area contributed by atoms with Crippen molar-refractivity contribution >= 4 is 40.9 Å². The highest BCUT2D eigenvalue weighted by atomic mass is 35.5. The lowest BCUT2D eigenvalue weighted by molar-refractivity contribution is -0.126. The monoisotopic (exact) mass is 536 g/mol. The predicted octanol–water partition coefficient (Wildman–Crippen LogP) is 5.83. The Labute approximate surface area is 218 Å². The molecule has 0 spiro atoms. The molecule has 0 atom stereocenters. The van der Waals surface area contributed by atoms with Crippen LogP contribution >= 0.6 is 35.0 Å². The molecule has 1 aromatic heterocycles. The fourth-order valence-corrected chi connectivity index (χ4v) is 5.36. The summed E-state index contributed by atoms with van der Waals surface area (Å²) in [5.41, 5.74) is 1.79. The van der Waals surface area contributed by atoms with E-state index < -0.39 is 0 Å². The third-order valence-electron chi connectivity index (χ3n) is 5.90. The van der Waals surface area contributed by atoms with Crippen LogP contribution in [0.25, 0.3) is 11.4 Å². The molecular formula is C25H27Cl2FN4O2S. The van der Waals surface area contributed by atoms with Crippen molar-refractivity contribution in [3.63, 3.8) is 0 Å². The Balaban J connectivity index is 1.12. The fraction of sp³-hybridized carbons (Fsp3) is 0.400. The van der Waals surface area contributed by atoms with E-state index in [2.05, 4.69) is 20.4 Å². The van der Waals surface area contributed by atoms with Gasteiger partial charge in [0.15, 0.2) is 0 Å². The van der Waals surface area contributed by atoms with E-state index in [0.717, 1.165) is 49.4 Å². The van der Waals surface area contributed by atoms with Crippen molar-refractivity contribution in [3.05, 3.63) is 69.8 Å². The summed E-state index contributed by atoms with van der Waals surface area (Å²) in [5.74, 6) is 2.70. The Morgan fingerprint density at radius 3 is 2.69 bits per heavy atom. The van der Waals surface area contributed by atoms with Crippen molar-refractivity contribution < 1.29 is 13.7 Å². The first-order chi connectivity index (χ1) is 17.0. The van der Waals surface area contributed by atoms with E-state index in [1.54, 1.807) is 30.0 Å². The first-order valence-corrected chi connectivity index (χ1v) is 13.5. The average Bonchev–Trinajstić information content (AvgIpc) is 3.30. The Morgan fingerprint density at radius 1 is 1.17 bits per heavy atom. The topological polar surface area (TPSA) is 71.3 Å². The summed E-state index contributed by atoms with van der Waals surface area (Å²) in [6.45, 7) is 2.81. The van der Waals surface area contributed by atoms with Crippen LogP contribution in [0.15, 0.2) is 47.0 Å². The zero-order chi connectivity index (χ0) is 24.6. The molecule has 4 rings (SSSR count). The Hall–Kier alpha value is -2.13. The van der Waals surface area contributed by atoms with Crippen LogP contribution in [0.5, 0.6) is 0 Å². The van der Waals surface area contributed by atoms with Crippen molar-refractivity contribution in [2.24, 2.45) is 5.92 Å². The Bertz CT molecular complexity index is 1120. The maximum Gasteiger partial charge on any atom is 0.241 e. The summed E-state index contributed by atoms with van der Waals surface area (Å²) < 4.78 is 18.3. The molecule has 0 radical (unpaired) electrons. The van der Waals surface area contributed by atoms with E-state index in [1.807, 2.05) is 12.1 Å². The predicted molar refractivity (Wildman–Crippen MR) is 138 cm³/mol. The molecule has 1 fully saturated rings. The maximum absolute atomic E-state index is 12.9. The second-order valence-electron chi connectivity index (χ2n) is 8.51. The number of thioether (sulfide) groups is 1. The molecule has 3 aromatic rings. The van der Waals surface area contributed by atoms with Crippen molar-refractivity contribution in [3.8, 4) is 11.4 Å². The number of piperidine rings is 1. The van der Waals surface area contributed by atoms with Crippen molar-refractivity contribution in [1.29, 1.82) is 0 Å². The van der Waals surface area contributed by atoms with Gasteiger partial charge in [0.25, 0.3) is 0 Å². The van der Waals surface area contributed by atoms with Crippen LogP contribution in [0.4, 0.5) is 4.39 Å². The SMILES string of the molecule is O=C(NCCCSCc1ccc(F)cc1)C1CCN(Cc2nc(-c3ccc(Cl)cc3Cl)no2)CC1. The Kier molecular flexibility index (Phi) is 9.43. The molecule has 1 aliphatic rings. The van der Waals surface area contributed by atoms with Crippen LogP contribution in [-0.4, -0.2) is 46.3 Å². The quantitative estimate of drug-likeness (QED) is 0.328. The molecule has 0 bridgehead atoms. The average molecular weight is 537 g/mol. The lowest BCUT2D eigenvalue weighted by Gasteiger charge is -2.30. The number of halogens is 3. The number of likely N-dealkylation sites (tertiary alicyclic amines) is 1. The van der Waals surface area contributed by atoms with Crippen molar-refractivity contribution in [2.75, 3.05) is 25.4 Å². The summed E-state index contributed by atoms with van der Waals surface area (Å²) >= 11 is 14.0. The smallest absolute Gasteiger partial charge is 0.241 e. The summed E-state index contributed by atoms with van der Waals surface area (Å²) in [6.07, 6.45) is 2.51. The number of hydrogen-bond donors (Lipinski definition) is 1. The van der Waals surface area contributed by atoms with Gasteiger partial charge >= 0.3 is 0 Å². The zero-order valence-corrected chi connectivity index (χ0v) is 21.5. The maximum atomic E-state index is 12.9. The lowest BCUT2D eigenvalue weighted by Crippen LogP contribution is -2.40. The van der Waals surface area contributed by atoms with Gasteiger partial charge in [0, 0.05) is 28.8 Å². The first-order valence-electron chi connectivity index (χ1n) is 11.6. The molecule has 1 saturated heterocycles. The minimum Gasteiger partial charge on any atom is -0.356 e. The molecule has 1 N–H and O–H groups in total. The molecule has 1 aliphatic heterocycles. The number of benzene rings is 2. The molecule has 2 heterocycles. The number of carbonyl (C=O) groups excluding carboxylic acids is 1. The van der Waals surface area contributed by atoms with Gasteiger partial charge in [0.05, 0.1) is 11.6 Å². The third-order valence-corrected chi connectivity index (χ3v) is 7.57. The number of carbonyl (C=O) groups is 1. The third kappa shape index (κ3) is 7.67. The first kappa shape index (κ1) is 25.9. The molecule has 0 saturated carbocycles. The van der Waals surface area contributed by atoms with Crippen LogP contribution in [0.3, 0.4) is 0 Å². The van der Waals surface area contributed by atoms with E-state index in [4.69, 9.17) is 27.7 Å². The highest BCUT2D eigenvalue weighted by molar-refractivity contribution is 7.98. The van der Waals surface area contributed by atoms with Crippen LogP contribution in [0, 0.1) is 11.7 Å². The van der Waals surface area contributed by atoms with E-state index in [0.29, 0.717) is 40.4 Å². The minimum atomic E-state index is -0.212. The van der Waals surface area contributed by atoms with E-state index >= 15 is 0 Å². The summed E-state index contributed by atoms with van der Waals surface area (Å²) in [5, 5.41) is 8.14. The van der Waals surface area contributed by atoms with Gasteiger partial charge in [-0.1, -0.05) is 40.5 Å². The van der Waals surface area contributed by atoms with E-state index in [9.17, 15) is 9.18 Å². The normalized spacial score (nSPS) is 14.8. The van der Waals surface area contributed by atoms with E-state index in [1.165, 1.54) is 12.1 Å². The van der Waals surface area contributed by atoms with Crippen molar-refractivity contribution in [1.82, 2.24) is 20.4 Å². The van der Waals surface area contributed by atoms with Gasteiger partial charge in [-0.15, -0.1) is 0 Å². The zero-order valence-electron chi connectivity index (χ0n) is 19.2. The molecule has 2 aromatic carbocycles. The van der Waals surface area contributed by atoms with Gasteiger partial charge in [0.2, 0.25) is 17.6 Å². The number of rotatable bonds is 10. The molecular weight excluding hydrogens is 510 g/mol. The molecule has 1 amide bonds. The van der Waals surface area contributed by atoms with Gasteiger partial charge in [-0.25, -0.2) is 4.39 Å². The van der Waals surface area contributed by atoms with E-state index in [-0.39, 0.29) is 17.6 Å². The highest BCUT2D eigenvalue weighted by Crippen LogP contribution is 2.28. The van der Waals surface area contributed by atoms with Gasteiger partial charge < -0.3 is 9.84 Å². The molecule has 10 heteroatoms. The van der Waals surface area contributed by atoms with Crippen LogP contribution < -0.4 is 5.32 Å². The largest absolute Gasteiger partial charge is 0.356 e. The number of nitrogens with one attached hydrogen (secondary N) is 1. The second-order valence-corrected chi connectivity index (χ2v) is 10.5. The standard InChI is InChI=1S/C25H27Cl2FN4O2S/c26-19-4-7-21(22(27)14-19)24-30-23(34-31-24)15-32-11-8-18(9-12-32)25(33)29-10-1-13-35-16-17-2-5-20(28)6-3-17/h2-7,14,18H,1,8-13,15-16H2,(H,29,33). The molecule has 186 valence electrons. The number of hydrogen-bond acceptors (Lipinski definition) is 6.